The third kappa shape index (κ3) is 8.15. The van der Waals surface area contributed by atoms with Crippen molar-refractivity contribution in [3.8, 4) is 11.1 Å². The Morgan fingerprint density at radius 1 is 1.19 bits per heavy atom. The Labute approximate surface area is 248 Å². The Hall–Kier alpha value is -3.87. The van der Waals surface area contributed by atoms with Crippen LogP contribution in [-0.2, 0) is 16.1 Å². The van der Waals surface area contributed by atoms with Gasteiger partial charge in [-0.15, -0.1) is 0 Å². The van der Waals surface area contributed by atoms with Crippen molar-refractivity contribution in [2.75, 3.05) is 18.4 Å². The lowest BCUT2D eigenvalue weighted by Gasteiger charge is -2.44. The first kappa shape index (κ1) is 32.1. The molecule has 3 atom stereocenters. The van der Waals surface area contributed by atoms with Gasteiger partial charge in [0.2, 0.25) is 5.91 Å². The van der Waals surface area contributed by atoms with Gasteiger partial charge in [-0.3, -0.25) is 9.78 Å². The Bertz CT molecular complexity index is 1440. The van der Waals surface area contributed by atoms with Crippen LogP contribution in [0.15, 0.2) is 36.9 Å². The van der Waals surface area contributed by atoms with Gasteiger partial charge in [-0.1, -0.05) is 34.6 Å². The molecule has 234 valence electrons. The van der Waals surface area contributed by atoms with Crippen molar-refractivity contribution in [2.24, 2.45) is 11.3 Å². The molecular formula is C30H39F3N6O4. The Balaban J connectivity index is 1.48. The molecule has 0 radical (unpaired) electrons. The summed E-state index contributed by atoms with van der Waals surface area (Å²) in [5, 5.41) is 15.4. The lowest BCUT2D eigenvalue weighted by atomic mass is 9.80. The van der Waals surface area contributed by atoms with E-state index in [9.17, 15) is 27.9 Å². The fourth-order valence-electron chi connectivity index (χ4n) is 5.39. The minimum atomic E-state index is -4.50. The van der Waals surface area contributed by atoms with E-state index in [-0.39, 0.29) is 23.5 Å². The Morgan fingerprint density at radius 3 is 2.58 bits per heavy atom. The molecule has 10 nitrogen and oxygen atoms in total. The predicted octanol–water partition coefficient (Wildman–Crippen LogP) is 5.81. The van der Waals surface area contributed by atoms with Crippen LogP contribution < -0.4 is 10.6 Å². The van der Waals surface area contributed by atoms with Crippen LogP contribution in [0.4, 0.5) is 23.7 Å². The maximum atomic E-state index is 12.6. The van der Waals surface area contributed by atoms with Gasteiger partial charge >= 0.3 is 12.3 Å². The zero-order valence-electron chi connectivity index (χ0n) is 25.0. The molecule has 0 spiro atoms. The summed E-state index contributed by atoms with van der Waals surface area (Å²) in [6, 6.07) is 2.71. The van der Waals surface area contributed by atoms with Crippen LogP contribution >= 0.6 is 0 Å². The second kappa shape index (κ2) is 12.8. The monoisotopic (exact) mass is 604 g/mol. The number of hydrogen-bond acceptors (Lipinski definition) is 6. The molecule has 13 heteroatoms. The highest BCUT2D eigenvalue weighted by Crippen LogP contribution is 2.34. The normalized spacial score (nSPS) is 18.6. The molecule has 3 aromatic heterocycles. The highest BCUT2D eigenvalue weighted by molar-refractivity contribution is 5.94. The van der Waals surface area contributed by atoms with Gasteiger partial charge in [-0.2, -0.15) is 13.2 Å². The van der Waals surface area contributed by atoms with Crippen LogP contribution in [0.2, 0.25) is 0 Å². The minimum absolute atomic E-state index is 0.0876. The van der Waals surface area contributed by atoms with Crippen LogP contribution in [-0.4, -0.2) is 74.4 Å². The van der Waals surface area contributed by atoms with Crippen molar-refractivity contribution in [1.29, 1.82) is 0 Å². The number of likely N-dealkylation sites (tertiary alicyclic amines) is 1. The van der Waals surface area contributed by atoms with E-state index in [1.165, 1.54) is 11.1 Å². The number of aromatic nitrogens is 3. The number of nitrogens with zero attached hydrogens (tertiary/aromatic N) is 3. The number of H-pyrrole nitrogens is 1. The zero-order valence-corrected chi connectivity index (χ0v) is 25.0. The summed E-state index contributed by atoms with van der Waals surface area (Å²) in [6.07, 6.45) is 2.43. The van der Waals surface area contributed by atoms with Crippen LogP contribution in [0.25, 0.3) is 22.2 Å². The number of hydrogen-bond donors (Lipinski definition) is 4. The van der Waals surface area contributed by atoms with Crippen molar-refractivity contribution >= 4 is 28.7 Å². The average molecular weight is 605 g/mol. The third-order valence-electron chi connectivity index (χ3n) is 7.66. The van der Waals surface area contributed by atoms with E-state index in [1.807, 2.05) is 32.2 Å². The summed E-state index contributed by atoms with van der Waals surface area (Å²) in [7, 11) is 0. The molecule has 43 heavy (non-hydrogen) atoms. The van der Waals surface area contributed by atoms with E-state index in [2.05, 4.69) is 20.3 Å². The summed E-state index contributed by atoms with van der Waals surface area (Å²) >= 11 is 0. The van der Waals surface area contributed by atoms with Crippen LogP contribution in [0, 0.1) is 11.3 Å². The second-order valence-electron chi connectivity index (χ2n) is 12.4. The van der Waals surface area contributed by atoms with Crippen molar-refractivity contribution < 1.29 is 32.6 Å². The first-order valence-corrected chi connectivity index (χ1v) is 14.3. The highest BCUT2D eigenvalue weighted by Gasteiger charge is 2.39. The maximum Gasteiger partial charge on any atom is 0.407 e. The minimum Gasteiger partial charge on any atom is -0.465 e. The number of aromatic amines is 1. The summed E-state index contributed by atoms with van der Waals surface area (Å²) in [6.45, 7) is 8.92. The number of piperidine rings is 1. The smallest absolute Gasteiger partial charge is 0.407 e. The molecule has 1 fully saturated rings. The molecular weight excluding hydrogens is 565 g/mol. The number of carboxylic acid groups (broad SMARTS) is 1. The molecule has 1 aliphatic rings. The molecule has 1 saturated heterocycles. The molecule has 0 saturated carbocycles. The zero-order chi connectivity index (χ0) is 31.5. The van der Waals surface area contributed by atoms with Gasteiger partial charge in [0.15, 0.2) is 0 Å². The first-order chi connectivity index (χ1) is 20.1. The fraction of sp³-hybridized carbons (Fsp3) is 0.533. The molecule has 4 N–H and O–H groups in total. The third-order valence-corrected chi connectivity index (χ3v) is 7.66. The maximum absolute atomic E-state index is 12.6. The molecule has 3 aromatic rings. The quantitative estimate of drug-likeness (QED) is 0.242. The van der Waals surface area contributed by atoms with Crippen molar-refractivity contribution in [2.45, 2.75) is 78.4 Å². The molecule has 1 aliphatic heterocycles. The summed E-state index contributed by atoms with van der Waals surface area (Å²) in [4.78, 5) is 37.7. The number of carbonyl (C=O) groups is 2. The van der Waals surface area contributed by atoms with E-state index >= 15 is 0 Å². The fourth-order valence-corrected chi connectivity index (χ4v) is 5.39. The number of rotatable bonds is 9. The number of carbonyl (C=O) groups excluding carboxylic acids is 1. The van der Waals surface area contributed by atoms with Crippen molar-refractivity contribution in [3.05, 3.63) is 42.5 Å². The van der Waals surface area contributed by atoms with Gasteiger partial charge < -0.3 is 30.4 Å². The van der Waals surface area contributed by atoms with Gasteiger partial charge in [0, 0.05) is 53.9 Å². The number of anilines is 1. The molecule has 0 aromatic carbocycles. The predicted molar refractivity (Wildman–Crippen MR) is 156 cm³/mol. The number of alkyl halides is 3. The van der Waals surface area contributed by atoms with Gasteiger partial charge in [-0.25, -0.2) is 9.78 Å². The van der Waals surface area contributed by atoms with Gasteiger partial charge in [0.25, 0.3) is 0 Å². The molecule has 4 heterocycles. The summed E-state index contributed by atoms with van der Waals surface area (Å²) in [5.41, 5.74) is 3.31. The summed E-state index contributed by atoms with van der Waals surface area (Å²) in [5.74, 6) is -1.03. The SMILES string of the molecule is CC(C)[C@@H](Nc1cncc(-c2c[nH]c3ncc(COC4CCN(C(=O)O)C(C(C)(C)C)C4)cc23)c1)C(=O)NCC(F)(F)F. The van der Waals surface area contributed by atoms with Crippen molar-refractivity contribution in [1.82, 2.24) is 25.2 Å². The summed E-state index contributed by atoms with van der Waals surface area (Å²) < 4.78 is 44.1. The first-order valence-electron chi connectivity index (χ1n) is 14.3. The van der Waals surface area contributed by atoms with Crippen LogP contribution in [0.3, 0.4) is 0 Å². The molecule has 2 amide bonds. The van der Waals surface area contributed by atoms with Gasteiger partial charge in [0.1, 0.15) is 18.2 Å². The average Bonchev–Trinajstić information content (AvgIpc) is 3.36. The van der Waals surface area contributed by atoms with Gasteiger partial charge in [-0.05, 0) is 41.9 Å². The van der Waals surface area contributed by atoms with E-state index in [4.69, 9.17) is 4.74 Å². The highest BCUT2D eigenvalue weighted by atomic mass is 19.4. The van der Waals surface area contributed by atoms with E-state index < -0.39 is 30.8 Å². The van der Waals surface area contributed by atoms with E-state index in [0.29, 0.717) is 37.3 Å². The Kier molecular flexibility index (Phi) is 9.53. The number of fused-ring (bicyclic) bond motifs is 1. The number of amides is 2. The van der Waals surface area contributed by atoms with E-state index in [1.54, 1.807) is 38.5 Å². The standard InChI is InChI=1S/C30H39F3N6O4/c1-17(2)25(27(40)37-16-30(31,32)33)38-20-9-19(12-34-13-20)23-14-36-26-22(23)8-18(11-35-26)15-43-21-6-7-39(28(41)42)24(10-21)29(3,4)5/h8-9,11-14,17,21,24-25,38H,6-7,10,15-16H2,1-5H3,(H,35,36)(H,37,40)(H,41,42)/t21?,24?,25-/m1/s1. The van der Waals surface area contributed by atoms with Crippen LogP contribution in [0.5, 0.6) is 0 Å². The molecule has 2 unspecified atom stereocenters. The molecule has 0 bridgehead atoms. The number of nitrogens with one attached hydrogen (secondary N) is 3. The largest absolute Gasteiger partial charge is 0.465 e. The van der Waals surface area contributed by atoms with Crippen molar-refractivity contribution in [3.63, 3.8) is 0 Å². The van der Waals surface area contributed by atoms with Crippen LogP contribution in [0.1, 0.15) is 53.0 Å². The molecule has 0 aliphatic carbocycles. The topological polar surface area (TPSA) is 132 Å². The lowest BCUT2D eigenvalue weighted by molar-refractivity contribution is -0.139. The number of pyridine rings is 2. The number of ether oxygens (including phenoxy) is 1. The molecule has 4 rings (SSSR count). The van der Waals surface area contributed by atoms with E-state index in [0.717, 1.165) is 22.1 Å². The number of halogens is 3. The lowest BCUT2D eigenvalue weighted by Crippen LogP contribution is -2.53. The van der Waals surface area contributed by atoms with Gasteiger partial charge in [0.05, 0.1) is 18.4 Å². The second-order valence-corrected chi connectivity index (χ2v) is 12.4. The Morgan fingerprint density at radius 2 is 1.93 bits per heavy atom.